The molecule has 0 saturated carbocycles. The van der Waals surface area contributed by atoms with Gasteiger partial charge in [0.1, 0.15) is 0 Å². The number of rotatable bonds is 4. The predicted molar refractivity (Wildman–Crippen MR) is 96.0 cm³/mol. The lowest BCUT2D eigenvalue weighted by atomic mass is 9.88. The van der Waals surface area contributed by atoms with Gasteiger partial charge >= 0.3 is 0 Å². The monoisotopic (exact) mass is 334 g/mol. The summed E-state index contributed by atoms with van der Waals surface area (Å²) in [6, 6.07) is 7.81. The molecular formula is C19H26O3S. The van der Waals surface area contributed by atoms with Gasteiger partial charge in [0.25, 0.3) is 10.1 Å². The van der Waals surface area contributed by atoms with Gasteiger partial charge in [-0.2, -0.15) is 8.42 Å². The zero-order chi connectivity index (χ0) is 17.5. The van der Waals surface area contributed by atoms with Gasteiger partial charge in [-0.05, 0) is 57.3 Å². The Balaban J connectivity index is 2.95. The summed E-state index contributed by atoms with van der Waals surface area (Å²) in [5.74, 6) is 0.713. The topological polar surface area (TPSA) is 54.4 Å². The van der Waals surface area contributed by atoms with E-state index in [9.17, 15) is 13.0 Å². The van der Waals surface area contributed by atoms with E-state index in [0.29, 0.717) is 17.4 Å². The summed E-state index contributed by atoms with van der Waals surface area (Å²) >= 11 is 0. The van der Waals surface area contributed by atoms with Crippen LogP contribution >= 0.6 is 0 Å². The van der Waals surface area contributed by atoms with Gasteiger partial charge in [-0.25, -0.2) is 0 Å². The highest BCUT2D eigenvalue weighted by Crippen LogP contribution is 2.35. The van der Waals surface area contributed by atoms with Gasteiger partial charge in [-0.3, -0.25) is 4.55 Å². The second kappa shape index (κ2) is 6.25. The molecule has 0 fully saturated rings. The standard InChI is InChI=1S/C19H26O3S/c1-11(2)14-7-15-9-19(23(20,21)22)17(13(5)6)10-18(15)16(8-14)12(3)4/h7-13H,1-6H3,(H,20,21,22). The van der Waals surface area contributed by atoms with Crippen LogP contribution in [0.25, 0.3) is 10.8 Å². The molecule has 0 unspecified atom stereocenters. The minimum absolute atomic E-state index is 0.0149. The van der Waals surface area contributed by atoms with Crippen LogP contribution in [0.5, 0.6) is 0 Å². The maximum Gasteiger partial charge on any atom is 0.294 e. The largest absolute Gasteiger partial charge is 0.294 e. The summed E-state index contributed by atoms with van der Waals surface area (Å²) in [6.45, 7) is 12.4. The molecule has 2 rings (SSSR count). The summed E-state index contributed by atoms with van der Waals surface area (Å²) < 4.78 is 33.2. The fourth-order valence-electron chi connectivity index (χ4n) is 2.95. The van der Waals surface area contributed by atoms with Crippen molar-refractivity contribution in [1.29, 1.82) is 0 Å². The van der Waals surface area contributed by atoms with Gasteiger partial charge in [0, 0.05) is 0 Å². The number of fused-ring (bicyclic) bond motifs is 1. The van der Waals surface area contributed by atoms with Crippen LogP contribution in [0, 0.1) is 0 Å². The third kappa shape index (κ3) is 3.59. The summed E-state index contributed by atoms with van der Waals surface area (Å²) in [6.07, 6.45) is 0. The molecule has 0 aromatic heterocycles. The van der Waals surface area contributed by atoms with Gasteiger partial charge in [-0.1, -0.05) is 53.7 Å². The van der Waals surface area contributed by atoms with E-state index >= 15 is 0 Å². The second-order valence-corrected chi connectivity index (χ2v) is 8.55. The minimum Gasteiger partial charge on any atom is -0.282 e. The lowest BCUT2D eigenvalue weighted by Crippen LogP contribution is -2.06. The highest BCUT2D eigenvalue weighted by Gasteiger charge is 2.20. The second-order valence-electron chi connectivity index (χ2n) is 7.16. The van der Waals surface area contributed by atoms with E-state index in [2.05, 4.69) is 33.8 Å². The van der Waals surface area contributed by atoms with E-state index in [-0.39, 0.29) is 10.8 Å². The maximum atomic E-state index is 11.8. The molecule has 1 N–H and O–H groups in total. The van der Waals surface area contributed by atoms with E-state index in [4.69, 9.17) is 0 Å². The lowest BCUT2D eigenvalue weighted by molar-refractivity contribution is 0.481. The average Bonchev–Trinajstić information content (AvgIpc) is 2.43. The van der Waals surface area contributed by atoms with Gasteiger partial charge in [0.2, 0.25) is 0 Å². The summed E-state index contributed by atoms with van der Waals surface area (Å²) in [4.78, 5) is 0.0237. The Kier molecular flexibility index (Phi) is 4.88. The Morgan fingerprint density at radius 3 is 1.78 bits per heavy atom. The fraction of sp³-hybridized carbons (Fsp3) is 0.474. The molecule has 3 nitrogen and oxygen atoms in total. The zero-order valence-corrected chi connectivity index (χ0v) is 15.5. The molecule has 0 atom stereocenters. The van der Waals surface area contributed by atoms with E-state index < -0.39 is 10.1 Å². The minimum atomic E-state index is -4.24. The maximum absolute atomic E-state index is 11.8. The zero-order valence-electron chi connectivity index (χ0n) is 14.7. The third-order valence-electron chi connectivity index (χ3n) is 4.33. The summed E-state index contributed by atoms with van der Waals surface area (Å²) in [7, 11) is -4.24. The molecule has 23 heavy (non-hydrogen) atoms. The molecule has 126 valence electrons. The molecule has 0 aliphatic rings. The normalized spacial score (nSPS) is 12.8. The number of hydrogen-bond acceptors (Lipinski definition) is 2. The lowest BCUT2D eigenvalue weighted by Gasteiger charge is -2.18. The van der Waals surface area contributed by atoms with E-state index in [1.807, 2.05) is 26.0 Å². The van der Waals surface area contributed by atoms with Crippen molar-refractivity contribution in [3.8, 4) is 0 Å². The van der Waals surface area contributed by atoms with Gasteiger partial charge < -0.3 is 0 Å². The van der Waals surface area contributed by atoms with Gasteiger partial charge in [0.15, 0.2) is 0 Å². The number of benzene rings is 2. The van der Waals surface area contributed by atoms with Crippen LogP contribution in [0.15, 0.2) is 29.2 Å². The van der Waals surface area contributed by atoms with Crippen molar-refractivity contribution in [2.75, 3.05) is 0 Å². The van der Waals surface area contributed by atoms with Crippen LogP contribution in [0.1, 0.15) is 76.0 Å². The molecule has 0 aliphatic carbocycles. The van der Waals surface area contributed by atoms with Crippen molar-refractivity contribution >= 4 is 20.9 Å². The molecule has 0 aliphatic heterocycles. The Morgan fingerprint density at radius 1 is 0.783 bits per heavy atom. The Labute approximate surface area is 139 Å². The van der Waals surface area contributed by atoms with Crippen LogP contribution < -0.4 is 0 Å². The predicted octanol–water partition coefficient (Wildman–Crippen LogP) is 5.46. The van der Waals surface area contributed by atoms with Crippen molar-refractivity contribution in [3.05, 3.63) is 41.0 Å². The Bertz CT molecular complexity index is 831. The quantitative estimate of drug-likeness (QED) is 0.756. The average molecular weight is 334 g/mol. The molecule has 0 amide bonds. The molecule has 0 heterocycles. The molecule has 0 spiro atoms. The first kappa shape index (κ1) is 18.0. The smallest absolute Gasteiger partial charge is 0.282 e. The van der Waals surface area contributed by atoms with Gasteiger partial charge in [0.05, 0.1) is 4.90 Å². The van der Waals surface area contributed by atoms with Crippen molar-refractivity contribution in [3.63, 3.8) is 0 Å². The third-order valence-corrected chi connectivity index (χ3v) is 5.24. The van der Waals surface area contributed by atoms with Crippen LogP contribution in [-0.2, 0) is 10.1 Å². The van der Waals surface area contributed by atoms with Crippen LogP contribution in [-0.4, -0.2) is 13.0 Å². The first-order valence-electron chi connectivity index (χ1n) is 8.11. The summed E-state index contributed by atoms with van der Waals surface area (Å²) in [5, 5.41) is 1.94. The first-order valence-corrected chi connectivity index (χ1v) is 9.55. The Hall–Kier alpha value is -1.39. The van der Waals surface area contributed by atoms with Crippen molar-refractivity contribution in [1.82, 2.24) is 0 Å². The van der Waals surface area contributed by atoms with E-state index in [1.54, 1.807) is 6.07 Å². The molecule has 2 aromatic carbocycles. The SMILES string of the molecule is CC(C)c1cc(C(C)C)c2cc(C(C)C)c(S(=O)(=O)O)cc2c1. The molecule has 2 aromatic rings. The van der Waals surface area contributed by atoms with Crippen LogP contribution in [0.4, 0.5) is 0 Å². The fourth-order valence-corrected chi connectivity index (χ4v) is 3.81. The molecule has 0 bridgehead atoms. The molecular weight excluding hydrogens is 308 g/mol. The van der Waals surface area contributed by atoms with Crippen molar-refractivity contribution < 1.29 is 13.0 Å². The summed E-state index contributed by atoms with van der Waals surface area (Å²) in [5.41, 5.74) is 3.06. The number of hydrogen-bond donors (Lipinski definition) is 1. The van der Waals surface area contributed by atoms with E-state index in [0.717, 1.165) is 10.8 Å². The Morgan fingerprint density at radius 2 is 1.35 bits per heavy atom. The highest BCUT2D eigenvalue weighted by molar-refractivity contribution is 7.85. The molecule has 0 radical (unpaired) electrons. The van der Waals surface area contributed by atoms with Crippen molar-refractivity contribution in [2.24, 2.45) is 0 Å². The highest BCUT2D eigenvalue weighted by atomic mass is 32.2. The molecule has 0 saturated heterocycles. The van der Waals surface area contributed by atoms with E-state index in [1.165, 1.54) is 11.1 Å². The van der Waals surface area contributed by atoms with Crippen molar-refractivity contribution in [2.45, 2.75) is 64.2 Å². The van der Waals surface area contributed by atoms with Gasteiger partial charge in [-0.15, -0.1) is 0 Å². The van der Waals surface area contributed by atoms with Crippen LogP contribution in [0.2, 0.25) is 0 Å². The molecule has 4 heteroatoms. The first-order chi connectivity index (χ1) is 10.5. The van der Waals surface area contributed by atoms with Crippen LogP contribution in [0.3, 0.4) is 0 Å².